The Morgan fingerprint density at radius 1 is 1.00 bits per heavy atom. The minimum absolute atomic E-state index is 0. The summed E-state index contributed by atoms with van der Waals surface area (Å²) in [5.41, 5.74) is 0. The Balaban J connectivity index is -0.0000000720. The second-order valence-corrected chi connectivity index (χ2v) is 1.23. The Hall–Kier alpha value is 0.302. The first kappa shape index (κ1) is 16.1. The third-order valence-corrected chi connectivity index (χ3v) is 0. The van der Waals surface area contributed by atoms with Gasteiger partial charge in [-0.2, -0.15) is 0 Å². The predicted octanol–water partition coefficient (Wildman–Crippen LogP) is 0.420. The van der Waals surface area contributed by atoms with Crippen molar-refractivity contribution in [1.29, 1.82) is 0 Å². The summed E-state index contributed by atoms with van der Waals surface area (Å²) in [6.07, 6.45) is 0. The van der Waals surface area contributed by atoms with E-state index in [1.807, 2.05) is 0 Å². The van der Waals surface area contributed by atoms with Gasteiger partial charge in [0.25, 0.3) is 0 Å². The normalized spacial score (nSPS) is 5.33. The molecule has 0 unspecified atom stereocenters. The topological polar surface area (TPSA) is 74.6 Å². The van der Waals surface area contributed by atoms with Crippen LogP contribution >= 0.6 is 0 Å². The fourth-order valence-electron chi connectivity index (χ4n) is 0. The molecule has 0 bridgehead atoms. The molecule has 0 aromatic carbocycles. The fourth-order valence-corrected chi connectivity index (χ4v) is 0. The Labute approximate surface area is 82.6 Å². The van der Waals surface area contributed by atoms with Crippen LogP contribution in [0.4, 0.5) is 9.59 Å². The van der Waals surface area contributed by atoms with Crippen LogP contribution in [-0.2, 0) is 52.6 Å². The average Bonchev–Trinajstić information content (AvgIpc) is 1.25. The number of carbonyl (C=O) groups is 2. The van der Waals surface area contributed by atoms with Crippen LogP contribution in [0.3, 0.4) is 0 Å². The maximum atomic E-state index is 8.81. The molecule has 4 nitrogen and oxygen atoms in total. The molecule has 9 heavy (non-hydrogen) atoms. The number of hydrogen-bond donors (Lipinski definition) is 2. The van der Waals surface area contributed by atoms with E-state index in [0.717, 1.165) is 0 Å². The van der Waals surface area contributed by atoms with Crippen molar-refractivity contribution in [2.75, 3.05) is 0 Å². The largest absolute Gasteiger partial charge is 2.00 e. The van der Waals surface area contributed by atoms with Crippen molar-refractivity contribution in [2.24, 2.45) is 0 Å². The van der Waals surface area contributed by atoms with Crippen molar-refractivity contribution in [3.8, 4) is 0 Å². The van der Waals surface area contributed by atoms with Crippen LogP contribution in [0.2, 0.25) is 0 Å². The van der Waals surface area contributed by atoms with E-state index < -0.39 is 10.6 Å². The first-order chi connectivity index (χ1) is 3.46. The summed E-state index contributed by atoms with van der Waals surface area (Å²) >= 11 is 7.07. The summed E-state index contributed by atoms with van der Waals surface area (Å²) < 4.78 is 0. The van der Waals surface area contributed by atoms with Crippen LogP contribution in [0.1, 0.15) is 0 Å². The minimum Gasteiger partial charge on any atom is -0.698 e. The second-order valence-electron chi connectivity index (χ2n) is 0.532. The van der Waals surface area contributed by atoms with Crippen molar-refractivity contribution >= 4 is 35.9 Å². The van der Waals surface area contributed by atoms with Crippen molar-refractivity contribution in [3.63, 3.8) is 0 Å². The van der Waals surface area contributed by atoms with E-state index in [-0.39, 0.29) is 27.3 Å². The molecular formula is C2H2CdO4S2. The van der Waals surface area contributed by atoms with Gasteiger partial charge in [-0.3, -0.25) is 9.59 Å². The predicted molar refractivity (Wildman–Crippen MR) is 30.8 cm³/mol. The molecule has 0 aliphatic heterocycles. The zero-order valence-corrected chi connectivity index (χ0v) is 9.90. The van der Waals surface area contributed by atoms with Gasteiger partial charge in [0.05, 0.1) is 0 Å². The van der Waals surface area contributed by atoms with E-state index >= 15 is 0 Å². The van der Waals surface area contributed by atoms with Gasteiger partial charge < -0.3 is 35.5 Å². The van der Waals surface area contributed by atoms with Gasteiger partial charge in [0.2, 0.25) is 0 Å². The molecule has 0 amide bonds. The third kappa shape index (κ3) is 3610. The monoisotopic (exact) mass is 268 g/mol. The van der Waals surface area contributed by atoms with E-state index in [4.69, 9.17) is 19.8 Å². The quantitative estimate of drug-likeness (QED) is 0.489. The molecule has 0 aliphatic rings. The molecule has 0 aliphatic carbocycles. The van der Waals surface area contributed by atoms with Crippen molar-refractivity contribution in [3.05, 3.63) is 0 Å². The fraction of sp³-hybridized carbons (Fsp3) is 0. The summed E-state index contributed by atoms with van der Waals surface area (Å²) in [7, 11) is 0. The van der Waals surface area contributed by atoms with Crippen LogP contribution in [0, 0.1) is 0 Å². The Morgan fingerprint density at radius 2 is 1.00 bits per heavy atom. The van der Waals surface area contributed by atoms with Gasteiger partial charge in [0.15, 0.2) is 10.6 Å². The van der Waals surface area contributed by atoms with Crippen LogP contribution in [-0.4, -0.2) is 20.8 Å². The standard InChI is InChI=1S/2CH2O2S.Cd/c2*2-1(3)4;/h2*4H,(H,2,3);/q;;+2/p-2. The van der Waals surface area contributed by atoms with E-state index in [1.165, 1.54) is 0 Å². The Morgan fingerprint density at radius 3 is 1.00 bits per heavy atom. The smallest absolute Gasteiger partial charge is 0.698 e. The summed E-state index contributed by atoms with van der Waals surface area (Å²) in [5.74, 6) is 0. The van der Waals surface area contributed by atoms with Crippen LogP contribution in [0.5, 0.6) is 0 Å². The first-order valence-electron chi connectivity index (χ1n) is 1.26. The molecule has 7 heteroatoms. The van der Waals surface area contributed by atoms with Crippen LogP contribution < -0.4 is 0 Å². The number of hydrogen-bond acceptors (Lipinski definition) is 4. The minimum atomic E-state index is -1.25. The first-order valence-corrected chi connectivity index (χ1v) is 2.08. The number of carboxylic acid groups (broad SMARTS) is 2. The van der Waals surface area contributed by atoms with Gasteiger partial charge in [-0.15, -0.1) is 0 Å². The molecule has 0 spiro atoms. The van der Waals surface area contributed by atoms with Gasteiger partial charge in [0.1, 0.15) is 0 Å². The Kier molecular flexibility index (Phi) is 20.0. The molecule has 0 aromatic rings. The SMILES string of the molecule is O=C(O)[S-].O=C(O)[S-].[Cd+2]. The zero-order valence-electron chi connectivity index (χ0n) is 4.23. The summed E-state index contributed by atoms with van der Waals surface area (Å²) in [6.45, 7) is 0. The van der Waals surface area contributed by atoms with Gasteiger partial charge in [-0.05, 0) is 0 Å². The third-order valence-electron chi connectivity index (χ3n) is 0. The Bertz CT molecular complexity index is 74.6. The molecule has 0 aromatic heterocycles. The maximum absolute atomic E-state index is 8.81. The molecule has 0 saturated heterocycles. The second kappa shape index (κ2) is 11.1. The van der Waals surface area contributed by atoms with Gasteiger partial charge in [0, 0.05) is 0 Å². The summed E-state index contributed by atoms with van der Waals surface area (Å²) in [5, 5.41) is 12.0. The zero-order chi connectivity index (χ0) is 7.15. The van der Waals surface area contributed by atoms with E-state index in [2.05, 4.69) is 25.3 Å². The van der Waals surface area contributed by atoms with Gasteiger partial charge in [-0.25, -0.2) is 0 Å². The molecule has 0 fully saturated rings. The molecule has 0 saturated carbocycles. The molecule has 0 rings (SSSR count). The molecule has 48 valence electrons. The number of rotatable bonds is 0. The van der Waals surface area contributed by atoms with Crippen LogP contribution in [0.15, 0.2) is 0 Å². The summed E-state index contributed by atoms with van der Waals surface area (Å²) in [4.78, 5) is 17.6. The molecule has 0 heterocycles. The molecule has 2 N–H and O–H groups in total. The van der Waals surface area contributed by atoms with E-state index in [9.17, 15) is 0 Å². The van der Waals surface area contributed by atoms with Gasteiger partial charge in [-0.1, -0.05) is 0 Å². The van der Waals surface area contributed by atoms with E-state index in [1.54, 1.807) is 0 Å². The van der Waals surface area contributed by atoms with Crippen molar-refractivity contribution in [2.45, 2.75) is 0 Å². The van der Waals surface area contributed by atoms with Crippen molar-refractivity contribution in [1.82, 2.24) is 0 Å². The molecule has 0 radical (unpaired) electrons. The van der Waals surface area contributed by atoms with E-state index in [0.29, 0.717) is 0 Å². The summed E-state index contributed by atoms with van der Waals surface area (Å²) in [6, 6.07) is 0. The maximum Gasteiger partial charge on any atom is 2.00 e. The molecular weight excluding hydrogens is 265 g/mol. The van der Waals surface area contributed by atoms with Crippen LogP contribution in [0.25, 0.3) is 0 Å². The van der Waals surface area contributed by atoms with Crippen molar-refractivity contribution < 1.29 is 47.1 Å². The average molecular weight is 267 g/mol. The van der Waals surface area contributed by atoms with Gasteiger partial charge >= 0.3 is 27.3 Å². The molecule has 0 atom stereocenters.